The highest BCUT2D eigenvalue weighted by atomic mass is 16.8. The first-order valence-corrected chi connectivity index (χ1v) is 18.7. The maximum absolute atomic E-state index is 13.7. The molecule has 2 saturated heterocycles. The summed E-state index contributed by atoms with van der Waals surface area (Å²) in [6.07, 6.45) is -19.1. The Labute approximate surface area is 345 Å². The molecule has 2 aliphatic heterocycles. The van der Waals surface area contributed by atoms with Crippen LogP contribution in [0.2, 0.25) is 0 Å². The maximum Gasteiger partial charge on any atom is 0.338 e. The third-order valence-electron chi connectivity index (χ3n) is 10.1. The topological polar surface area (TPSA) is 343 Å². The van der Waals surface area contributed by atoms with Gasteiger partial charge in [0, 0.05) is 14.7 Å². The number of benzene rings is 3. The molecule has 3 fully saturated rings. The lowest BCUT2D eigenvalue weighted by Crippen LogP contribution is -2.63. The number of ether oxygens (including phenoxy) is 7. The minimum atomic E-state index is -1.88. The Balaban J connectivity index is 1.35. The van der Waals surface area contributed by atoms with Crippen LogP contribution in [0.4, 0.5) is 0 Å². The van der Waals surface area contributed by atoms with Gasteiger partial charge in [0.25, 0.3) is 0 Å². The summed E-state index contributed by atoms with van der Waals surface area (Å²) in [5.74, 6) is -2.62. The van der Waals surface area contributed by atoms with E-state index in [0.29, 0.717) is 0 Å². The van der Waals surface area contributed by atoms with Crippen molar-refractivity contribution in [3.05, 3.63) is 139 Å². The maximum atomic E-state index is 13.7. The van der Waals surface area contributed by atoms with Crippen molar-refractivity contribution in [3.8, 4) is 0 Å². The summed E-state index contributed by atoms with van der Waals surface area (Å²) in [5.41, 5.74) is 28.3. The summed E-state index contributed by atoms with van der Waals surface area (Å²) in [5, 5.41) is 54.4. The van der Waals surface area contributed by atoms with Gasteiger partial charge in [0.05, 0.1) is 47.6 Å². The Hall–Kier alpha value is -6.32. The number of nitrogens with zero attached hydrogens (tertiary/aromatic N) is 9. The van der Waals surface area contributed by atoms with Crippen molar-refractivity contribution in [1.82, 2.24) is 0 Å². The number of carbonyl (C=O) groups is 3. The molecule has 61 heavy (non-hydrogen) atoms. The van der Waals surface area contributed by atoms with Crippen molar-refractivity contribution in [2.45, 2.75) is 92.1 Å². The van der Waals surface area contributed by atoms with Crippen LogP contribution < -0.4 is 0 Å². The quantitative estimate of drug-likeness (QED) is 0.0562. The van der Waals surface area contributed by atoms with Crippen LogP contribution in [0.5, 0.6) is 0 Å². The monoisotopic (exact) mass is 845 g/mol. The molecule has 14 atom stereocenters. The molecule has 2 heterocycles. The predicted molar refractivity (Wildman–Crippen MR) is 204 cm³/mol. The first-order chi connectivity index (χ1) is 29.6. The molecule has 0 aromatic heterocycles. The summed E-state index contributed by atoms with van der Waals surface area (Å²) in [7, 11) is 0. The van der Waals surface area contributed by atoms with Crippen molar-refractivity contribution in [3.63, 3.8) is 0 Å². The van der Waals surface area contributed by atoms with Crippen LogP contribution in [-0.4, -0.2) is 137 Å². The molecule has 0 spiro atoms. The molecule has 23 nitrogen and oxygen atoms in total. The van der Waals surface area contributed by atoms with Crippen molar-refractivity contribution in [2.24, 2.45) is 15.3 Å². The zero-order valence-corrected chi connectivity index (χ0v) is 31.8. The highest BCUT2D eigenvalue weighted by molar-refractivity contribution is 5.91. The van der Waals surface area contributed by atoms with Gasteiger partial charge in [-0.1, -0.05) is 69.9 Å². The second-order valence-electron chi connectivity index (χ2n) is 13.9. The number of azide groups is 3. The molecule has 320 valence electrons. The molecule has 0 bridgehead atoms. The average molecular weight is 846 g/mol. The lowest BCUT2D eigenvalue weighted by atomic mass is 9.84. The highest BCUT2D eigenvalue weighted by Gasteiger charge is 2.56. The Kier molecular flexibility index (Phi) is 15.1. The molecular formula is C38H39N9O14. The standard InChI is InChI=1S/C38H39N9O14/c39-45-42-22-16-23(43-46-40)30(29(51)27(22)49)60-37-26(44-47-41)32(28(50)24(17-48)56-37)61-38-33(59-36(54)21-14-8-3-9-15-21)31(58-35(53)20-12-6-2-7-13-20)25(57-38)18-55-34(52)19-10-4-1-5-11-19/h1-15,22-33,37-38,48-51H,16-18H2/t22-,23?,24?,25-,26?,27?,28-,29-,30-,31-,32-,33?,37-,38+/m1/s1. The summed E-state index contributed by atoms with van der Waals surface area (Å²) in [6, 6.07) is 19.1. The zero-order chi connectivity index (χ0) is 43.5. The van der Waals surface area contributed by atoms with E-state index in [1.54, 1.807) is 54.6 Å². The molecule has 1 saturated carbocycles. The fourth-order valence-electron chi connectivity index (χ4n) is 7.07. The molecule has 5 unspecified atom stereocenters. The third kappa shape index (κ3) is 10.4. The van der Waals surface area contributed by atoms with Gasteiger partial charge in [-0.15, -0.1) is 0 Å². The first-order valence-electron chi connectivity index (χ1n) is 18.7. The number of carbonyl (C=O) groups excluding carboxylic acids is 3. The Bertz CT molecular complexity index is 2130. The van der Waals surface area contributed by atoms with E-state index in [2.05, 4.69) is 30.1 Å². The van der Waals surface area contributed by atoms with E-state index >= 15 is 0 Å². The van der Waals surface area contributed by atoms with Gasteiger partial charge < -0.3 is 53.6 Å². The van der Waals surface area contributed by atoms with Crippen LogP contribution in [0, 0.1) is 0 Å². The molecule has 23 heteroatoms. The molecular weight excluding hydrogens is 806 g/mol. The van der Waals surface area contributed by atoms with Gasteiger partial charge in [-0.2, -0.15) is 0 Å². The van der Waals surface area contributed by atoms with Crippen molar-refractivity contribution < 1.29 is 68.0 Å². The molecule has 1 aliphatic carbocycles. The van der Waals surface area contributed by atoms with Crippen LogP contribution in [0.3, 0.4) is 0 Å². The van der Waals surface area contributed by atoms with Crippen molar-refractivity contribution in [2.75, 3.05) is 13.2 Å². The van der Waals surface area contributed by atoms with Crippen LogP contribution in [0.25, 0.3) is 31.3 Å². The van der Waals surface area contributed by atoms with Gasteiger partial charge in [-0.25, -0.2) is 14.4 Å². The van der Waals surface area contributed by atoms with Crippen molar-refractivity contribution in [1.29, 1.82) is 0 Å². The molecule has 6 rings (SSSR count). The van der Waals surface area contributed by atoms with Crippen molar-refractivity contribution >= 4 is 17.9 Å². The van der Waals surface area contributed by atoms with Gasteiger partial charge in [0.15, 0.2) is 24.8 Å². The lowest BCUT2D eigenvalue weighted by Gasteiger charge is -2.46. The van der Waals surface area contributed by atoms with E-state index in [0.717, 1.165) is 0 Å². The van der Waals surface area contributed by atoms with E-state index in [9.17, 15) is 45.9 Å². The summed E-state index contributed by atoms with van der Waals surface area (Å²) < 4.78 is 41.6. The summed E-state index contributed by atoms with van der Waals surface area (Å²) in [6.45, 7) is -1.49. The van der Waals surface area contributed by atoms with E-state index in [1.807, 2.05) is 0 Å². The Morgan fingerprint density at radius 3 is 1.62 bits per heavy atom. The number of rotatable bonds is 15. The van der Waals surface area contributed by atoms with Gasteiger partial charge in [-0.05, 0) is 59.4 Å². The van der Waals surface area contributed by atoms with Gasteiger partial charge in [0.1, 0.15) is 43.2 Å². The van der Waals surface area contributed by atoms with Gasteiger partial charge >= 0.3 is 17.9 Å². The highest BCUT2D eigenvalue weighted by Crippen LogP contribution is 2.37. The minimum Gasteiger partial charge on any atom is -0.459 e. The fraction of sp³-hybridized carbons (Fsp3) is 0.447. The van der Waals surface area contributed by atoms with E-state index in [4.69, 9.17) is 38.7 Å². The molecule has 0 amide bonds. The Morgan fingerprint density at radius 1 is 0.590 bits per heavy atom. The molecule has 3 aliphatic rings. The number of aliphatic hydroxyl groups is 4. The number of hydrogen-bond donors (Lipinski definition) is 4. The predicted octanol–water partition coefficient (Wildman–Crippen LogP) is 3.03. The number of esters is 3. The number of hydrogen-bond acceptors (Lipinski definition) is 17. The van der Waals surface area contributed by atoms with E-state index < -0.39 is 117 Å². The first kappa shape index (κ1) is 44.2. The van der Waals surface area contributed by atoms with Crippen LogP contribution in [0.15, 0.2) is 106 Å². The third-order valence-corrected chi connectivity index (χ3v) is 10.1. The van der Waals surface area contributed by atoms with E-state index in [1.165, 1.54) is 36.4 Å². The average Bonchev–Trinajstić information content (AvgIpc) is 3.59. The SMILES string of the molecule is [N-]=[N+]=NC1C[C@@H](N=[N+]=[N-])C(O)[C@@H](O)[C@@H]1O[C@H]1OC(CO)[C@@H](O)[C@H](O[C@@H]2O[C@H](COC(=O)c3ccccc3)[C@@H](OC(=O)c3ccccc3)C2OC(=O)c2ccccc2)C1N=[N+]=[N-]. The molecule has 3 aromatic rings. The minimum absolute atomic E-state index is 0.0608. The van der Waals surface area contributed by atoms with Crippen LogP contribution >= 0.6 is 0 Å². The molecule has 3 aromatic carbocycles. The fourth-order valence-corrected chi connectivity index (χ4v) is 7.07. The zero-order valence-electron chi connectivity index (χ0n) is 31.8. The largest absolute Gasteiger partial charge is 0.459 e. The molecule has 4 N–H and O–H groups in total. The number of aliphatic hydroxyl groups excluding tert-OH is 4. The van der Waals surface area contributed by atoms with Gasteiger partial charge in [0.2, 0.25) is 0 Å². The Morgan fingerprint density at radius 2 is 1.08 bits per heavy atom. The molecule has 0 radical (unpaired) electrons. The smallest absolute Gasteiger partial charge is 0.338 e. The summed E-state index contributed by atoms with van der Waals surface area (Å²) >= 11 is 0. The van der Waals surface area contributed by atoms with Gasteiger partial charge in [-0.3, -0.25) is 0 Å². The lowest BCUT2D eigenvalue weighted by molar-refractivity contribution is -0.317. The van der Waals surface area contributed by atoms with Crippen LogP contribution in [-0.2, 0) is 33.2 Å². The summed E-state index contributed by atoms with van der Waals surface area (Å²) in [4.78, 5) is 48.5. The normalized spacial score (nSPS) is 31.9. The second kappa shape index (κ2) is 20.8. The van der Waals surface area contributed by atoms with E-state index in [-0.39, 0.29) is 23.1 Å². The van der Waals surface area contributed by atoms with Crippen LogP contribution in [0.1, 0.15) is 37.5 Å². The second-order valence-corrected chi connectivity index (χ2v) is 13.9.